The Hall–Kier alpha value is -2.37. The van der Waals surface area contributed by atoms with Crippen molar-refractivity contribution in [2.75, 3.05) is 6.61 Å². The summed E-state index contributed by atoms with van der Waals surface area (Å²) in [5.74, 6) is -0.691. The van der Waals surface area contributed by atoms with Crippen molar-refractivity contribution in [3.8, 4) is 0 Å². The van der Waals surface area contributed by atoms with E-state index in [1.165, 1.54) is 0 Å². The number of Topliss-reactive ketones (excluding diaryl/α,β-unsaturated/α-hetero) is 1. The molecule has 2 aliphatic rings. The van der Waals surface area contributed by atoms with Gasteiger partial charge in [-0.1, -0.05) is 58.7 Å². The molecule has 1 aliphatic heterocycles. The summed E-state index contributed by atoms with van der Waals surface area (Å²) in [6, 6.07) is 15.5. The molecule has 0 radical (unpaired) electrons. The Balaban J connectivity index is 1.76. The van der Waals surface area contributed by atoms with Crippen LogP contribution in [-0.2, 0) is 14.3 Å². The van der Waals surface area contributed by atoms with Gasteiger partial charge in [-0.05, 0) is 61.1 Å². The smallest absolute Gasteiger partial charge is 0.336 e. The first-order chi connectivity index (χ1) is 15.4. The van der Waals surface area contributed by atoms with Crippen molar-refractivity contribution in [1.29, 1.82) is 0 Å². The largest absolute Gasteiger partial charge is 0.462 e. The van der Waals surface area contributed by atoms with E-state index in [0.717, 1.165) is 33.4 Å². The van der Waals surface area contributed by atoms with Gasteiger partial charge < -0.3 is 10.1 Å². The van der Waals surface area contributed by atoms with Crippen molar-refractivity contribution < 1.29 is 14.3 Å². The van der Waals surface area contributed by atoms with Crippen LogP contribution in [0.2, 0.25) is 5.02 Å². The third kappa shape index (κ3) is 4.55. The highest BCUT2D eigenvalue weighted by Gasteiger charge is 2.41. The van der Waals surface area contributed by atoms with Crippen LogP contribution in [0.3, 0.4) is 0 Å². The monoisotopic (exact) mass is 513 g/mol. The third-order valence-corrected chi connectivity index (χ3v) is 6.81. The maximum atomic E-state index is 13.5. The fraction of sp³-hybridized carbons (Fsp3) is 0.308. The number of dihydropyridines is 1. The van der Waals surface area contributed by atoms with Gasteiger partial charge in [0.2, 0.25) is 0 Å². The second kappa shape index (κ2) is 9.63. The van der Waals surface area contributed by atoms with Gasteiger partial charge >= 0.3 is 5.97 Å². The fourth-order valence-corrected chi connectivity index (χ4v) is 4.93. The number of rotatable bonds is 5. The van der Waals surface area contributed by atoms with Crippen LogP contribution >= 0.6 is 27.5 Å². The van der Waals surface area contributed by atoms with E-state index in [2.05, 4.69) is 21.2 Å². The summed E-state index contributed by atoms with van der Waals surface area (Å²) in [6.45, 7) is 4.19. The Kier molecular flexibility index (Phi) is 6.87. The number of hydrogen-bond donors (Lipinski definition) is 1. The molecular formula is C26H25BrClNO3. The average Bonchev–Trinajstić information content (AvgIpc) is 2.77. The molecule has 0 unspecified atom stereocenters. The molecule has 1 aliphatic carbocycles. The van der Waals surface area contributed by atoms with Crippen LogP contribution in [0.4, 0.5) is 0 Å². The summed E-state index contributed by atoms with van der Waals surface area (Å²) < 4.78 is 6.44. The second-order valence-electron chi connectivity index (χ2n) is 8.26. The van der Waals surface area contributed by atoms with Crippen molar-refractivity contribution in [2.24, 2.45) is 0 Å². The van der Waals surface area contributed by atoms with E-state index in [1.54, 1.807) is 0 Å². The lowest BCUT2D eigenvalue weighted by molar-refractivity contribution is -0.139. The maximum absolute atomic E-state index is 13.5. The fourth-order valence-electron chi connectivity index (χ4n) is 4.54. The molecule has 1 N–H and O–H groups in total. The van der Waals surface area contributed by atoms with Crippen LogP contribution < -0.4 is 5.32 Å². The third-order valence-electron chi connectivity index (χ3n) is 6.03. The molecule has 32 heavy (non-hydrogen) atoms. The number of carbonyl (C=O) groups excluding carboxylic acids is 2. The summed E-state index contributed by atoms with van der Waals surface area (Å²) in [5, 5.41) is 4.06. The van der Waals surface area contributed by atoms with E-state index in [4.69, 9.17) is 16.3 Å². The molecule has 2 aromatic carbocycles. The van der Waals surface area contributed by atoms with Crippen molar-refractivity contribution in [1.82, 2.24) is 5.32 Å². The minimum absolute atomic E-state index is 0.0555. The zero-order valence-corrected chi connectivity index (χ0v) is 20.4. The van der Waals surface area contributed by atoms with Crippen molar-refractivity contribution >= 4 is 39.3 Å². The number of allylic oxidation sites excluding steroid dienone is 3. The van der Waals surface area contributed by atoms with Gasteiger partial charge in [0.25, 0.3) is 0 Å². The summed E-state index contributed by atoms with van der Waals surface area (Å²) in [5.41, 5.74) is 4.81. The minimum Gasteiger partial charge on any atom is -0.462 e. The van der Waals surface area contributed by atoms with Gasteiger partial charge in [-0.25, -0.2) is 4.79 Å². The molecule has 2 aromatic rings. The molecule has 166 valence electrons. The van der Waals surface area contributed by atoms with E-state index in [9.17, 15) is 9.59 Å². The van der Waals surface area contributed by atoms with Gasteiger partial charge in [0.15, 0.2) is 5.78 Å². The highest BCUT2D eigenvalue weighted by Crippen LogP contribution is 2.45. The molecule has 0 saturated carbocycles. The quantitative estimate of drug-likeness (QED) is 0.468. The normalized spacial score (nSPS) is 20.7. The number of carbonyl (C=O) groups is 2. The zero-order chi connectivity index (χ0) is 22.8. The average molecular weight is 515 g/mol. The summed E-state index contributed by atoms with van der Waals surface area (Å²) in [4.78, 5) is 26.6. The topological polar surface area (TPSA) is 55.4 Å². The van der Waals surface area contributed by atoms with Gasteiger partial charge in [0.1, 0.15) is 0 Å². The van der Waals surface area contributed by atoms with E-state index >= 15 is 0 Å². The lowest BCUT2D eigenvalue weighted by Crippen LogP contribution is -2.36. The van der Waals surface area contributed by atoms with Crippen LogP contribution in [0.5, 0.6) is 0 Å². The molecule has 0 bridgehead atoms. The minimum atomic E-state index is -0.442. The van der Waals surface area contributed by atoms with E-state index in [-0.39, 0.29) is 17.7 Å². The van der Waals surface area contributed by atoms with Gasteiger partial charge in [-0.15, -0.1) is 0 Å². The first-order valence-electron chi connectivity index (χ1n) is 10.8. The number of hydrogen-bond acceptors (Lipinski definition) is 4. The first kappa shape index (κ1) is 22.8. The van der Waals surface area contributed by atoms with E-state index in [1.807, 2.05) is 62.4 Å². The van der Waals surface area contributed by atoms with Crippen LogP contribution in [0.15, 0.2) is 75.5 Å². The Morgan fingerprint density at radius 1 is 1.09 bits per heavy atom. The molecule has 6 heteroatoms. The molecule has 2 atom stereocenters. The van der Waals surface area contributed by atoms with Gasteiger partial charge in [0.05, 0.1) is 12.2 Å². The molecule has 0 fully saturated rings. The summed E-state index contributed by atoms with van der Waals surface area (Å²) >= 11 is 9.52. The van der Waals surface area contributed by atoms with E-state index in [0.29, 0.717) is 35.6 Å². The number of ketones is 1. The van der Waals surface area contributed by atoms with Gasteiger partial charge in [-0.3, -0.25) is 4.79 Å². The van der Waals surface area contributed by atoms with Crippen LogP contribution in [-0.4, -0.2) is 18.4 Å². The van der Waals surface area contributed by atoms with Crippen molar-refractivity contribution in [3.05, 3.63) is 91.7 Å². The zero-order valence-electron chi connectivity index (χ0n) is 18.1. The van der Waals surface area contributed by atoms with E-state index < -0.39 is 5.92 Å². The number of halogens is 2. The van der Waals surface area contributed by atoms with Crippen LogP contribution in [0, 0.1) is 0 Å². The number of nitrogens with one attached hydrogen (secondary N) is 1. The Morgan fingerprint density at radius 3 is 2.41 bits per heavy atom. The Bertz CT molecular complexity index is 1100. The lowest BCUT2D eigenvalue weighted by atomic mass is 9.72. The molecule has 4 rings (SSSR count). The SMILES string of the molecule is CCCOC(=O)C1=C(C)NC2=C(C(=O)C[C@@H](c3ccc(Cl)cc3)C2)[C@@H]1c1ccc(Br)cc1. The Labute approximate surface area is 201 Å². The highest BCUT2D eigenvalue weighted by atomic mass is 79.9. The second-order valence-corrected chi connectivity index (χ2v) is 9.61. The first-order valence-corrected chi connectivity index (χ1v) is 12.0. The predicted molar refractivity (Wildman–Crippen MR) is 129 cm³/mol. The summed E-state index contributed by atoms with van der Waals surface area (Å²) in [7, 11) is 0. The molecule has 1 heterocycles. The number of esters is 1. The number of benzene rings is 2. The molecule has 0 saturated heterocycles. The van der Waals surface area contributed by atoms with Gasteiger partial charge in [0, 0.05) is 38.8 Å². The highest BCUT2D eigenvalue weighted by molar-refractivity contribution is 9.10. The molecule has 0 spiro atoms. The maximum Gasteiger partial charge on any atom is 0.336 e. The van der Waals surface area contributed by atoms with Crippen LogP contribution in [0.1, 0.15) is 56.1 Å². The van der Waals surface area contributed by atoms with Gasteiger partial charge in [-0.2, -0.15) is 0 Å². The molecule has 0 aromatic heterocycles. The predicted octanol–water partition coefficient (Wildman–Crippen LogP) is 6.42. The van der Waals surface area contributed by atoms with Crippen molar-refractivity contribution in [2.45, 2.75) is 44.9 Å². The molecule has 4 nitrogen and oxygen atoms in total. The number of ether oxygens (including phenoxy) is 1. The lowest BCUT2D eigenvalue weighted by Gasteiger charge is -2.36. The Morgan fingerprint density at radius 2 is 1.75 bits per heavy atom. The van der Waals surface area contributed by atoms with Crippen LogP contribution in [0.25, 0.3) is 0 Å². The standard InChI is InChI=1S/C26H25BrClNO3/c1-3-12-32-26(31)23-15(2)29-21-13-18(16-6-10-20(28)11-7-16)14-22(30)25(21)24(23)17-4-8-19(27)9-5-17/h4-11,18,24,29H,3,12-14H2,1-2H3/t18-,24+/m0/s1. The summed E-state index contributed by atoms with van der Waals surface area (Å²) in [6.07, 6.45) is 1.83. The van der Waals surface area contributed by atoms with Crippen molar-refractivity contribution in [3.63, 3.8) is 0 Å². The molecular weight excluding hydrogens is 490 g/mol. The molecule has 0 amide bonds.